The molecule has 1 saturated heterocycles. The normalized spacial score (nSPS) is 28.6. The van der Waals surface area contributed by atoms with Gasteiger partial charge in [0, 0.05) is 6.04 Å². The molecule has 2 aliphatic heterocycles. The minimum Gasteiger partial charge on any atom is -0.369 e. The minimum atomic E-state index is -0.495. The Bertz CT molecular complexity index is 291. The zero-order valence-corrected chi connectivity index (χ0v) is 8.56. The van der Waals surface area contributed by atoms with Crippen LogP contribution >= 0.6 is 0 Å². The van der Waals surface area contributed by atoms with Crippen LogP contribution in [0.15, 0.2) is 9.98 Å². The first-order chi connectivity index (χ1) is 7.18. The molecule has 2 rings (SSSR count). The van der Waals surface area contributed by atoms with E-state index in [9.17, 15) is 0 Å². The summed E-state index contributed by atoms with van der Waals surface area (Å²) in [6.07, 6.45) is 1.50. The highest BCUT2D eigenvalue weighted by atomic mass is 15.4. The summed E-state index contributed by atoms with van der Waals surface area (Å²) in [7, 11) is 0. The van der Waals surface area contributed by atoms with Gasteiger partial charge in [0.05, 0.1) is 0 Å². The van der Waals surface area contributed by atoms with Gasteiger partial charge < -0.3 is 21.7 Å². The van der Waals surface area contributed by atoms with Crippen molar-refractivity contribution in [2.45, 2.75) is 25.2 Å². The van der Waals surface area contributed by atoms with Gasteiger partial charge in [-0.1, -0.05) is 0 Å². The van der Waals surface area contributed by atoms with E-state index in [-0.39, 0.29) is 5.96 Å². The number of piperidine rings is 1. The molecule has 7 nitrogen and oxygen atoms in total. The van der Waals surface area contributed by atoms with Crippen LogP contribution in [0.4, 0.5) is 0 Å². The molecule has 0 spiro atoms. The number of rotatable bonds is 1. The lowest BCUT2D eigenvalue weighted by Gasteiger charge is -2.38. The zero-order chi connectivity index (χ0) is 10.8. The quantitative estimate of drug-likeness (QED) is 0.397. The van der Waals surface area contributed by atoms with Crippen LogP contribution in [-0.2, 0) is 0 Å². The molecule has 0 aromatic rings. The van der Waals surface area contributed by atoms with E-state index in [1.807, 2.05) is 4.90 Å². The number of nitrogens with one attached hydrogen (secondary N) is 1. The van der Waals surface area contributed by atoms with E-state index in [0.717, 1.165) is 25.9 Å². The van der Waals surface area contributed by atoms with E-state index in [1.165, 1.54) is 0 Å². The Labute approximate surface area is 88.4 Å². The molecule has 7 N–H and O–H groups in total. The second-order valence-electron chi connectivity index (χ2n) is 3.76. The predicted octanol–water partition coefficient (Wildman–Crippen LogP) is -2.07. The van der Waals surface area contributed by atoms with Gasteiger partial charge in [-0.05, 0) is 25.9 Å². The molecule has 7 heteroatoms. The van der Waals surface area contributed by atoms with Gasteiger partial charge in [-0.3, -0.25) is 5.73 Å². The van der Waals surface area contributed by atoms with Crippen molar-refractivity contribution >= 4 is 11.9 Å². The molecule has 0 aliphatic carbocycles. The van der Waals surface area contributed by atoms with Gasteiger partial charge >= 0.3 is 0 Å². The van der Waals surface area contributed by atoms with Crippen molar-refractivity contribution in [2.24, 2.45) is 27.2 Å². The maximum Gasteiger partial charge on any atom is 0.221 e. The van der Waals surface area contributed by atoms with Gasteiger partial charge in [-0.2, -0.15) is 4.99 Å². The fourth-order valence-corrected chi connectivity index (χ4v) is 2.03. The maximum atomic E-state index is 5.87. The molecule has 0 amide bonds. The van der Waals surface area contributed by atoms with E-state index in [4.69, 9.17) is 17.2 Å². The molecule has 0 bridgehead atoms. The molecule has 0 aromatic carbocycles. The second kappa shape index (κ2) is 4.03. The summed E-state index contributed by atoms with van der Waals surface area (Å²) in [5, 5.41) is 3.28. The summed E-state index contributed by atoms with van der Waals surface area (Å²) in [6.45, 7) is 1.95. The molecule has 1 fully saturated rings. The van der Waals surface area contributed by atoms with E-state index in [0.29, 0.717) is 12.0 Å². The summed E-state index contributed by atoms with van der Waals surface area (Å²) in [6, 6.07) is 0.307. The summed E-state index contributed by atoms with van der Waals surface area (Å²) in [5.41, 5.74) is 17.1. The number of nitrogens with two attached hydrogens (primary N) is 3. The van der Waals surface area contributed by atoms with Gasteiger partial charge in [0.15, 0.2) is 6.29 Å². The van der Waals surface area contributed by atoms with E-state index < -0.39 is 6.29 Å². The van der Waals surface area contributed by atoms with Crippen molar-refractivity contribution < 1.29 is 0 Å². The molecule has 15 heavy (non-hydrogen) atoms. The van der Waals surface area contributed by atoms with Crippen molar-refractivity contribution in [1.82, 2.24) is 10.2 Å². The molecule has 1 unspecified atom stereocenters. The minimum absolute atomic E-state index is 0.158. The molecule has 0 aromatic heterocycles. The van der Waals surface area contributed by atoms with E-state index >= 15 is 0 Å². The molecule has 0 saturated carbocycles. The third-order valence-electron chi connectivity index (χ3n) is 2.75. The Morgan fingerprint density at radius 3 is 2.53 bits per heavy atom. The number of hydrogen-bond acceptors (Lipinski definition) is 7. The van der Waals surface area contributed by atoms with Gasteiger partial charge in [0.2, 0.25) is 11.9 Å². The van der Waals surface area contributed by atoms with Crippen LogP contribution in [0.25, 0.3) is 0 Å². The van der Waals surface area contributed by atoms with Gasteiger partial charge in [0.1, 0.15) is 0 Å². The molecule has 1 atom stereocenters. The van der Waals surface area contributed by atoms with Crippen LogP contribution in [0.1, 0.15) is 12.8 Å². The summed E-state index contributed by atoms with van der Waals surface area (Å²) >= 11 is 0. The third-order valence-corrected chi connectivity index (χ3v) is 2.75. The fraction of sp³-hybridized carbons (Fsp3) is 0.750. The van der Waals surface area contributed by atoms with Crippen molar-refractivity contribution in [1.29, 1.82) is 0 Å². The van der Waals surface area contributed by atoms with Crippen molar-refractivity contribution in [3.05, 3.63) is 0 Å². The lowest BCUT2D eigenvalue weighted by atomic mass is 10.1. The maximum absolute atomic E-state index is 5.87. The standard InChI is InChI=1S/C8H17N7/c9-6-13-7(10)15(8(11)14-6)5-1-3-12-4-2-5/h5,7,12H,1-4,10H2,(H4,9,11,13,14). The molecule has 2 aliphatic rings. The largest absolute Gasteiger partial charge is 0.369 e. The van der Waals surface area contributed by atoms with Gasteiger partial charge in [-0.15, -0.1) is 0 Å². The highest BCUT2D eigenvalue weighted by Crippen LogP contribution is 2.15. The fourth-order valence-electron chi connectivity index (χ4n) is 2.03. The number of hydrogen-bond donors (Lipinski definition) is 4. The average Bonchev–Trinajstić information content (AvgIpc) is 2.17. The van der Waals surface area contributed by atoms with E-state index in [1.54, 1.807) is 0 Å². The number of nitrogens with zero attached hydrogens (tertiary/aromatic N) is 3. The SMILES string of the molecule is NC1=NC(N)N(C2CCNCC2)C(N)=N1. The lowest BCUT2D eigenvalue weighted by Crippen LogP contribution is -2.58. The summed E-state index contributed by atoms with van der Waals surface area (Å²) in [5.74, 6) is 0.534. The van der Waals surface area contributed by atoms with Crippen molar-refractivity contribution in [3.63, 3.8) is 0 Å². The smallest absolute Gasteiger partial charge is 0.221 e. The van der Waals surface area contributed by atoms with Crippen LogP contribution < -0.4 is 22.5 Å². The number of guanidine groups is 2. The third kappa shape index (κ3) is 2.02. The second-order valence-corrected chi connectivity index (χ2v) is 3.76. The summed E-state index contributed by atoms with van der Waals surface area (Å²) < 4.78 is 0. The topological polar surface area (TPSA) is 118 Å². The van der Waals surface area contributed by atoms with E-state index in [2.05, 4.69) is 15.3 Å². The highest BCUT2D eigenvalue weighted by Gasteiger charge is 2.29. The molecular weight excluding hydrogens is 194 g/mol. The van der Waals surface area contributed by atoms with Crippen LogP contribution in [0.5, 0.6) is 0 Å². The average molecular weight is 211 g/mol. The molecule has 84 valence electrons. The first-order valence-electron chi connectivity index (χ1n) is 5.10. The van der Waals surface area contributed by atoms with Crippen LogP contribution in [0.2, 0.25) is 0 Å². The Kier molecular flexibility index (Phi) is 2.74. The molecule has 0 radical (unpaired) electrons. The molecule has 2 heterocycles. The highest BCUT2D eigenvalue weighted by molar-refractivity contribution is 5.95. The Morgan fingerprint density at radius 2 is 1.93 bits per heavy atom. The lowest BCUT2D eigenvalue weighted by molar-refractivity contribution is 0.198. The summed E-state index contributed by atoms with van der Waals surface area (Å²) in [4.78, 5) is 9.78. The van der Waals surface area contributed by atoms with Crippen LogP contribution in [0, 0.1) is 0 Å². The first-order valence-corrected chi connectivity index (χ1v) is 5.10. The monoisotopic (exact) mass is 211 g/mol. The Balaban J connectivity index is 2.11. The van der Waals surface area contributed by atoms with Crippen LogP contribution in [-0.4, -0.2) is 42.2 Å². The predicted molar refractivity (Wildman–Crippen MR) is 59.0 cm³/mol. The number of aliphatic imine (C=N–C) groups is 2. The Hall–Kier alpha value is -1.34. The van der Waals surface area contributed by atoms with Gasteiger partial charge in [0.25, 0.3) is 0 Å². The molecular formula is C8H17N7. The van der Waals surface area contributed by atoms with Gasteiger partial charge in [-0.25, -0.2) is 4.99 Å². The first kappa shape index (κ1) is 10.2. The van der Waals surface area contributed by atoms with Crippen LogP contribution in [0.3, 0.4) is 0 Å². The Morgan fingerprint density at radius 1 is 1.27 bits per heavy atom. The van der Waals surface area contributed by atoms with Crippen molar-refractivity contribution in [2.75, 3.05) is 13.1 Å². The zero-order valence-electron chi connectivity index (χ0n) is 8.56. The van der Waals surface area contributed by atoms with Crippen molar-refractivity contribution in [3.8, 4) is 0 Å².